The third-order valence-corrected chi connectivity index (χ3v) is 9.93. The van der Waals surface area contributed by atoms with Gasteiger partial charge in [0.05, 0.1) is 11.3 Å². The van der Waals surface area contributed by atoms with Gasteiger partial charge in [0, 0.05) is 30.7 Å². The minimum atomic E-state index is -0.193. The monoisotopic (exact) mass is 615 g/mol. The quantitative estimate of drug-likeness (QED) is 0.334. The predicted molar refractivity (Wildman–Crippen MR) is 163 cm³/mol. The van der Waals surface area contributed by atoms with Gasteiger partial charge in [-0.25, -0.2) is 0 Å². The van der Waals surface area contributed by atoms with E-state index in [0.717, 1.165) is 74.7 Å². The van der Waals surface area contributed by atoms with Crippen LogP contribution >= 0.6 is 28.3 Å². The third kappa shape index (κ3) is 7.07. The fourth-order valence-corrected chi connectivity index (χ4v) is 7.11. The Bertz CT molecular complexity index is 1080. The molecule has 2 heterocycles. The van der Waals surface area contributed by atoms with Crippen LogP contribution in [0.15, 0.2) is 59.1 Å². The average molecular weight is 617 g/mol. The first-order valence-corrected chi connectivity index (χ1v) is 15.3. The summed E-state index contributed by atoms with van der Waals surface area (Å²) in [5.41, 5.74) is 2.12. The highest BCUT2D eigenvalue weighted by Crippen LogP contribution is 2.42. The minimum absolute atomic E-state index is 0. The zero-order chi connectivity index (χ0) is 26.5. The second kappa shape index (κ2) is 13.6. The normalized spacial score (nSPS) is 20.6. The molecule has 2 amide bonds. The first-order valence-electron chi connectivity index (χ1n) is 14.5. The van der Waals surface area contributed by atoms with Crippen LogP contribution in [-0.2, 0) is 16.1 Å². The first-order chi connectivity index (χ1) is 18.4. The number of likely N-dealkylation sites (N-methyl/N-ethyl adjacent to an activating group) is 1. The Morgan fingerprint density at radius 1 is 0.974 bits per heavy atom. The van der Waals surface area contributed by atoms with Gasteiger partial charge < -0.3 is 14.7 Å². The summed E-state index contributed by atoms with van der Waals surface area (Å²) in [7, 11) is 2.02. The SMILES string of the molecule is CN(C(=O)C(CCN1CCC2(CC1)CCN(Cc1ccc(Br)cc1)C2=O)c1ccccc1)C1CCCCC1.Cl. The zero-order valence-electron chi connectivity index (χ0n) is 23.2. The van der Waals surface area contributed by atoms with Crippen molar-refractivity contribution in [2.75, 3.05) is 33.2 Å². The number of carbonyl (C=O) groups excluding carboxylic acids is 2. The van der Waals surface area contributed by atoms with Crippen LogP contribution in [0, 0.1) is 5.41 Å². The maximum absolute atomic E-state index is 13.7. The molecule has 1 saturated carbocycles. The Hall–Kier alpha value is -1.89. The molecule has 1 unspecified atom stereocenters. The van der Waals surface area contributed by atoms with Crippen molar-refractivity contribution in [2.24, 2.45) is 5.41 Å². The fraction of sp³-hybridized carbons (Fsp3) is 0.562. The van der Waals surface area contributed by atoms with Crippen molar-refractivity contribution in [2.45, 2.75) is 76.3 Å². The Balaban J connectivity index is 0.00000353. The average Bonchev–Trinajstić information content (AvgIpc) is 3.25. The summed E-state index contributed by atoms with van der Waals surface area (Å²) < 4.78 is 1.06. The molecule has 3 fully saturated rings. The fourth-order valence-electron chi connectivity index (χ4n) is 6.85. The van der Waals surface area contributed by atoms with Crippen molar-refractivity contribution in [1.82, 2.24) is 14.7 Å². The molecule has 212 valence electrons. The van der Waals surface area contributed by atoms with Gasteiger partial charge in [0.2, 0.25) is 11.8 Å². The lowest BCUT2D eigenvalue weighted by Crippen LogP contribution is -2.45. The van der Waals surface area contributed by atoms with Crippen molar-refractivity contribution < 1.29 is 9.59 Å². The number of rotatable bonds is 8. The number of halogens is 2. The Labute approximate surface area is 248 Å². The standard InChI is InChI=1S/C32H42BrN3O2.ClH/c1-34(28-10-6-3-7-11-28)30(37)29(26-8-4-2-5-9-26)16-20-35-21-17-32(18-22-35)19-23-36(31(32)38)24-25-12-14-27(33)15-13-25;/h2,4-5,8-9,12-15,28-29H,3,6-7,10-11,16-24H2,1H3;1H. The molecule has 2 aliphatic heterocycles. The molecule has 3 aliphatic rings. The molecule has 5 nitrogen and oxygen atoms in total. The van der Waals surface area contributed by atoms with E-state index in [4.69, 9.17) is 0 Å². The molecule has 1 spiro atoms. The van der Waals surface area contributed by atoms with Crippen LogP contribution in [0.4, 0.5) is 0 Å². The van der Waals surface area contributed by atoms with Crippen molar-refractivity contribution in [3.05, 3.63) is 70.2 Å². The van der Waals surface area contributed by atoms with Gasteiger partial charge in [-0.1, -0.05) is 77.7 Å². The third-order valence-electron chi connectivity index (χ3n) is 9.41. The molecular formula is C32H43BrClN3O2. The molecule has 2 aromatic rings. The lowest BCUT2D eigenvalue weighted by Gasteiger charge is -2.39. The summed E-state index contributed by atoms with van der Waals surface area (Å²) in [5, 5.41) is 0. The molecule has 0 aromatic heterocycles. The topological polar surface area (TPSA) is 43.9 Å². The van der Waals surface area contributed by atoms with Gasteiger partial charge in [0.25, 0.3) is 0 Å². The molecule has 7 heteroatoms. The molecule has 1 aliphatic carbocycles. The molecule has 0 radical (unpaired) electrons. The van der Waals surface area contributed by atoms with E-state index in [1.165, 1.54) is 24.8 Å². The van der Waals surface area contributed by atoms with Crippen LogP contribution < -0.4 is 0 Å². The van der Waals surface area contributed by atoms with Crippen LogP contribution in [0.1, 0.15) is 74.8 Å². The molecule has 2 saturated heterocycles. The second-order valence-corrected chi connectivity index (χ2v) is 12.6. The highest BCUT2D eigenvalue weighted by molar-refractivity contribution is 9.10. The van der Waals surface area contributed by atoms with Gasteiger partial charge in [-0.15, -0.1) is 12.4 Å². The van der Waals surface area contributed by atoms with Crippen LogP contribution in [-0.4, -0.2) is 65.8 Å². The van der Waals surface area contributed by atoms with E-state index in [9.17, 15) is 9.59 Å². The number of hydrogen-bond acceptors (Lipinski definition) is 3. The smallest absolute Gasteiger partial charge is 0.230 e. The summed E-state index contributed by atoms with van der Waals surface area (Å²) in [6, 6.07) is 19.0. The van der Waals surface area contributed by atoms with E-state index in [2.05, 4.69) is 54.9 Å². The Morgan fingerprint density at radius 3 is 2.28 bits per heavy atom. The zero-order valence-corrected chi connectivity index (χ0v) is 25.6. The maximum atomic E-state index is 13.7. The van der Waals surface area contributed by atoms with Gasteiger partial charge in [-0.2, -0.15) is 0 Å². The van der Waals surface area contributed by atoms with Crippen molar-refractivity contribution >= 4 is 40.2 Å². The maximum Gasteiger partial charge on any atom is 0.230 e. The number of benzene rings is 2. The van der Waals surface area contributed by atoms with E-state index >= 15 is 0 Å². The van der Waals surface area contributed by atoms with E-state index in [-0.39, 0.29) is 29.6 Å². The van der Waals surface area contributed by atoms with Gasteiger partial charge >= 0.3 is 0 Å². The molecule has 39 heavy (non-hydrogen) atoms. The lowest BCUT2D eigenvalue weighted by atomic mass is 9.77. The minimum Gasteiger partial charge on any atom is -0.342 e. The summed E-state index contributed by atoms with van der Waals surface area (Å²) in [4.78, 5) is 33.8. The summed E-state index contributed by atoms with van der Waals surface area (Å²) in [6.07, 6.45) is 9.66. The summed E-state index contributed by atoms with van der Waals surface area (Å²) in [6.45, 7) is 4.33. The van der Waals surface area contributed by atoms with Crippen LogP contribution in [0.5, 0.6) is 0 Å². The Morgan fingerprint density at radius 2 is 1.62 bits per heavy atom. The molecule has 5 rings (SSSR count). The number of amides is 2. The van der Waals surface area contributed by atoms with Crippen molar-refractivity contribution in [1.29, 1.82) is 0 Å². The predicted octanol–water partition coefficient (Wildman–Crippen LogP) is 6.65. The number of piperidine rings is 1. The highest BCUT2D eigenvalue weighted by Gasteiger charge is 2.48. The van der Waals surface area contributed by atoms with Crippen molar-refractivity contribution in [3.63, 3.8) is 0 Å². The van der Waals surface area contributed by atoms with Crippen LogP contribution in [0.2, 0.25) is 0 Å². The van der Waals surface area contributed by atoms with E-state index < -0.39 is 0 Å². The van der Waals surface area contributed by atoms with Gasteiger partial charge in [-0.05, 0) is 81.4 Å². The molecule has 0 N–H and O–H groups in total. The lowest BCUT2D eigenvalue weighted by molar-refractivity contribution is -0.138. The van der Waals surface area contributed by atoms with Gasteiger partial charge in [0.1, 0.15) is 0 Å². The number of hydrogen-bond donors (Lipinski definition) is 0. The van der Waals surface area contributed by atoms with Gasteiger partial charge in [-0.3, -0.25) is 9.59 Å². The highest BCUT2D eigenvalue weighted by atomic mass is 79.9. The molecule has 2 aromatic carbocycles. The number of nitrogens with zero attached hydrogens (tertiary/aromatic N) is 3. The first kappa shape index (κ1) is 30.1. The van der Waals surface area contributed by atoms with E-state index in [1.54, 1.807) is 0 Å². The van der Waals surface area contributed by atoms with Gasteiger partial charge in [0.15, 0.2) is 0 Å². The molecule has 0 bridgehead atoms. The number of carbonyl (C=O) groups is 2. The largest absolute Gasteiger partial charge is 0.342 e. The van der Waals surface area contributed by atoms with Crippen LogP contribution in [0.3, 0.4) is 0 Å². The van der Waals surface area contributed by atoms with Crippen LogP contribution in [0.25, 0.3) is 0 Å². The molecule has 1 atom stereocenters. The summed E-state index contributed by atoms with van der Waals surface area (Å²) in [5.74, 6) is 0.506. The van der Waals surface area contributed by atoms with Crippen molar-refractivity contribution in [3.8, 4) is 0 Å². The second-order valence-electron chi connectivity index (χ2n) is 11.7. The summed E-state index contributed by atoms with van der Waals surface area (Å²) >= 11 is 3.49. The molecular weight excluding hydrogens is 574 g/mol. The number of likely N-dealkylation sites (tertiary alicyclic amines) is 2. The van der Waals surface area contributed by atoms with E-state index in [0.29, 0.717) is 18.5 Å². The van der Waals surface area contributed by atoms with E-state index in [1.807, 2.05) is 37.4 Å². The Kier molecular flexibility index (Phi) is 10.5.